The second-order valence-corrected chi connectivity index (χ2v) is 4.39. The van der Waals surface area contributed by atoms with Crippen LogP contribution in [0.4, 0.5) is 13.2 Å². The first-order valence-corrected chi connectivity index (χ1v) is 5.84. The molecule has 0 saturated heterocycles. The Labute approximate surface area is 111 Å². The largest absolute Gasteiger partial charge is 0.461 e. The second-order valence-electron chi connectivity index (χ2n) is 4.39. The lowest BCUT2D eigenvalue weighted by Gasteiger charge is -2.16. The summed E-state index contributed by atoms with van der Waals surface area (Å²) in [5, 5.41) is 0. The van der Waals surface area contributed by atoms with E-state index in [9.17, 15) is 22.8 Å². The highest BCUT2D eigenvalue weighted by Gasteiger charge is 2.35. The molecule has 7 heteroatoms. The van der Waals surface area contributed by atoms with Crippen LogP contribution in [-0.2, 0) is 22.1 Å². The molecule has 2 rings (SSSR count). The maximum atomic E-state index is 12.5. The number of esters is 1. The van der Waals surface area contributed by atoms with Gasteiger partial charge in [0.25, 0.3) is 0 Å². The molecule has 0 N–H and O–H groups in total. The molecule has 1 aliphatic carbocycles. The first-order valence-electron chi connectivity index (χ1n) is 5.84. The van der Waals surface area contributed by atoms with Crippen molar-refractivity contribution in [2.45, 2.75) is 25.9 Å². The van der Waals surface area contributed by atoms with E-state index < -0.39 is 23.3 Å². The molecule has 0 atom stereocenters. The van der Waals surface area contributed by atoms with E-state index in [0.29, 0.717) is 18.1 Å². The topological polar surface area (TPSA) is 56.5 Å². The summed E-state index contributed by atoms with van der Waals surface area (Å²) in [7, 11) is 0. The van der Waals surface area contributed by atoms with E-state index in [-0.39, 0.29) is 24.4 Å². The highest BCUT2D eigenvalue weighted by atomic mass is 19.4. The monoisotopic (exact) mass is 288 g/mol. The summed E-state index contributed by atoms with van der Waals surface area (Å²) in [6.45, 7) is 1.27. The van der Waals surface area contributed by atoms with E-state index >= 15 is 0 Å². The third kappa shape index (κ3) is 3.09. The zero-order chi connectivity index (χ0) is 14.9. The summed E-state index contributed by atoms with van der Waals surface area (Å²) in [4.78, 5) is 22.4. The van der Waals surface area contributed by atoms with Crippen molar-refractivity contribution >= 4 is 12.0 Å². The third-order valence-electron chi connectivity index (χ3n) is 2.82. The lowest BCUT2D eigenvalue weighted by Crippen LogP contribution is -2.18. The summed E-state index contributed by atoms with van der Waals surface area (Å²) in [6, 6.07) is 0.435. The first kappa shape index (κ1) is 14.4. The Morgan fingerprint density at radius 3 is 2.70 bits per heavy atom. The molecular formula is C13H11F3O4. The van der Waals surface area contributed by atoms with E-state index in [1.54, 1.807) is 0 Å². The van der Waals surface area contributed by atoms with Crippen molar-refractivity contribution in [3.8, 4) is 0 Å². The number of hydrogen-bond acceptors (Lipinski definition) is 4. The van der Waals surface area contributed by atoms with Crippen molar-refractivity contribution in [2.75, 3.05) is 6.61 Å². The van der Waals surface area contributed by atoms with E-state index in [0.717, 1.165) is 0 Å². The molecule has 0 amide bonds. The summed E-state index contributed by atoms with van der Waals surface area (Å²) < 4.78 is 47.1. The molecule has 1 heterocycles. The van der Waals surface area contributed by atoms with Crippen molar-refractivity contribution in [3.05, 3.63) is 38.9 Å². The Morgan fingerprint density at radius 1 is 1.40 bits per heavy atom. The minimum atomic E-state index is -4.68. The van der Waals surface area contributed by atoms with Gasteiger partial charge in [-0.2, -0.15) is 13.2 Å². The van der Waals surface area contributed by atoms with Gasteiger partial charge in [-0.25, -0.2) is 0 Å². The highest BCUT2D eigenvalue weighted by Crippen LogP contribution is 2.31. The number of alkyl halides is 3. The molecular weight excluding hydrogens is 277 g/mol. The van der Waals surface area contributed by atoms with Crippen LogP contribution in [0.5, 0.6) is 0 Å². The lowest BCUT2D eigenvalue weighted by molar-refractivity contribution is -0.154. The number of carbonyl (C=O) groups excluding carboxylic acids is 1. The Kier molecular flexibility index (Phi) is 3.69. The Morgan fingerprint density at radius 2 is 2.10 bits per heavy atom. The van der Waals surface area contributed by atoms with Gasteiger partial charge in [-0.1, -0.05) is 0 Å². The van der Waals surface area contributed by atoms with Gasteiger partial charge in [0.05, 0.1) is 5.56 Å². The number of carbonyl (C=O) groups is 1. The van der Waals surface area contributed by atoms with Gasteiger partial charge < -0.3 is 9.15 Å². The number of aryl methyl sites for hydroxylation is 1. The number of hydrogen-bond donors (Lipinski definition) is 0. The summed E-state index contributed by atoms with van der Waals surface area (Å²) in [5.41, 5.74) is 0.00441. The molecule has 4 nitrogen and oxygen atoms in total. The SMILES string of the molecule is CC(=O)OCC1=Cc2c(oc(C(F)(F)F)cc2=O)CC1. The van der Waals surface area contributed by atoms with Gasteiger partial charge in [0.1, 0.15) is 12.4 Å². The van der Waals surface area contributed by atoms with Crippen LogP contribution >= 0.6 is 0 Å². The quantitative estimate of drug-likeness (QED) is 0.785. The fourth-order valence-electron chi connectivity index (χ4n) is 1.89. The van der Waals surface area contributed by atoms with Gasteiger partial charge in [0, 0.05) is 19.4 Å². The van der Waals surface area contributed by atoms with Gasteiger partial charge in [-0.15, -0.1) is 0 Å². The molecule has 0 aromatic carbocycles. The minimum Gasteiger partial charge on any atom is -0.461 e. The lowest BCUT2D eigenvalue weighted by atomic mass is 9.97. The van der Waals surface area contributed by atoms with Gasteiger partial charge in [-0.3, -0.25) is 9.59 Å². The molecule has 0 radical (unpaired) electrons. The molecule has 0 spiro atoms. The molecule has 20 heavy (non-hydrogen) atoms. The van der Waals surface area contributed by atoms with Crippen LogP contribution < -0.4 is 5.43 Å². The van der Waals surface area contributed by atoms with Crippen LogP contribution in [0.1, 0.15) is 30.4 Å². The van der Waals surface area contributed by atoms with Crippen molar-refractivity contribution < 1.29 is 27.1 Å². The number of rotatable bonds is 2. The minimum absolute atomic E-state index is 0.0106. The Hall–Kier alpha value is -2.05. The molecule has 0 aliphatic heterocycles. The van der Waals surface area contributed by atoms with Gasteiger partial charge in [0.2, 0.25) is 5.76 Å². The molecule has 1 aliphatic rings. The standard InChI is InChI=1S/C13H11F3O4/c1-7(17)19-6-8-2-3-11-9(4-8)10(18)5-12(20-11)13(14,15)16/h4-5H,2-3,6H2,1H3. The van der Waals surface area contributed by atoms with Crippen molar-refractivity contribution in [3.63, 3.8) is 0 Å². The first-order chi connectivity index (χ1) is 9.27. The van der Waals surface area contributed by atoms with Crippen LogP contribution in [0, 0.1) is 0 Å². The van der Waals surface area contributed by atoms with Crippen LogP contribution in [0.2, 0.25) is 0 Å². The van der Waals surface area contributed by atoms with Gasteiger partial charge >= 0.3 is 12.1 Å². The Bertz CT molecular complexity index is 625. The fraction of sp³-hybridized carbons (Fsp3) is 0.385. The summed E-state index contributed by atoms with van der Waals surface area (Å²) >= 11 is 0. The van der Waals surface area contributed by atoms with E-state index in [2.05, 4.69) is 0 Å². The molecule has 0 fully saturated rings. The van der Waals surface area contributed by atoms with Crippen LogP contribution in [0.3, 0.4) is 0 Å². The smallest absolute Gasteiger partial charge is 0.449 e. The predicted molar refractivity (Wildman–Crippen MR) is 62.9 cm³/mol. The van der Waals surface area contributed by atoms with Gasteiger partial charge in [0.15, 0.2) is 5.43 Å². The van der Waals surface area contributed by atoms with E-state index in [4.69, 9.17) is 9.15 Å². The highest BCUT2D eigenvalue weighted by molar-refractivity contribution is 5.66. The normalized spacial score (nSPS) is 14.5. The summed E-state index contributed by atoms with van der Waals surface area (Å²) in [6.07, 6.45) is -2.71. The zero-order valence-electron chi connectivity index (χ0n) is 10.5. The average molecular weight is 288 g/mol. The van der Waals surface area contributed by atoms with E-state index in [1.165, 1.54) is 13.0 Å². The molecule has 1 aromatic rings. The number of halogens is 3. The number of ether oxygens (including phenoxy) is 1. The van der Waals surface area contributed by atoms with Crippen LogP contribution in [0.25, 0.3) is 6.08 Å². The molecule has 0 unspecified atom stereocenters. The maximum absolute atomic E-state index is 12.5. The molecule has 0 saturated carbocycles. The molecule has 1 aromatic heterocycles. The third-order valence-corrected chi connectivity index (χ3v) is 2.82. The fourth-order valence-corrected chi connectivity index (χ4v) is 1.89. The second kappa shape index (κ2) is 5.15. The average Bonchev–Trinajstić information content (AvgIpc) is 2.35. The van der Waals surface area contributed by atoms with Crippen LogP contribution in [0.15, 0.2) is 20.9 Å². The predicted octanol–water partition coefficient (Wildman–Crippen LogP) is 2.55. The maximum Gasteiger partial charge on any atom is 0.449 e. The van der Waals surface area contributed by atoms with Crippen molar-refractivity contribution in [1.82, 2.24) is 0 Å². The number of fused-ring (bicyclic) bond motifs is 1. The van der Waals surface area contributed by atoms with E-state index in [1.807, 2.05) is 0 Å². The Balaban J connectivity index is 2.34. The molecule has 0 bridgehead atoms. The molecule has 108 valence electrons. The van der Waals surface area contributed by atoms with Crippen molar-refractivity contribution in [2.24, 2.45) is 0 Å². The zero-order valence-corrected chi connectivity index (χ0v) is 10.5. The van der Waals surface area contributed by atoms with Gasteiger partial charge in [-0.05, 0) is 18.1 Å². The van der Waals surface area contributed by atoms with Crippen LogP contribution in [-0.4, -0.2) is 12.6 Å². The summed E-state index contributed by atoms with van der Waals surface area (Å²) in [5.74, 6) is -1.74. The van der Waals surface area contributed by atoms with Crippen molar-refractivity contribution in [1.29, 1.82) is 0 Å².